The minimum atomic E-state index is -3.21. The summed E-state index contributed by atoms with van der Waals surface area (Å²) in [4.78, 5) is 0. The Bertz CT molecular complexity index is 472. The van der Waals surface area contributed by atoms with Crippen molar-refractivity contribution in [2.45, 2.75) is 12.3 Å². The van der Waals surface area contributed by atoms with Crippen molar-refractivity contribution in [2.75, 3.05) is 32.6 Å². The molecule has 0 amide bonds. The average Bonchev–Trinajstić information content (AvgIpc) is 2.38. The normalized spacial score (nSPS) is 12.0. The third kappa shape index (κ3) is 5.52. The van der Waals surface area contributed by atoms with Crippen molar-refractivity contribution in [1.29, 1.82) is 0 Å². The molecule has 0 fully saturated rings. The molecule has 0 aliphatic rings. The van der Waals surface area contributed by atoms with Gasteiger partial charge in [-0.25, -0.2) is 12.7 Å². The summed E-state index contributed by atoms with van der Waals surface area (Å²) in [7, 11) is 0.321. The molecule has 0 bridgehead atoms. The lowest BCUT2D eigenvalue weighted by Gasteiger charge is -2.16. The minimum Gasteiger partial charge on any atom is -0.316 e. The Morgan fingerprint density at radius 2 is 1.79 bits per heavy atom. The largest absolute Gasteiger partial charge is 0.316 e. The zero-order valence-electron chi connectivity index (χ0n) is 11.7. The maximum atomic E-state index is 12.1. The van der Waals surface area contributed by atoms with Gasteiger partial charge in [-0.3, -0.25) is 0 Å². The highest BCUT2D eigenvalue weighted by molar-refractivity contribution is 7.98. The van der Waals surface area contributed by atoms with Crippen LogP contribution in [0, 0.1) is 0 Å². The van der Waals surface area contributed by atoms with E-state index in [-0.39, 0.29) is 5.75 Å². The van der Waals surface area contributed by atoms with Crippen molar-refractivity contribution in [2.24, 2.45) is 0 Å². The zero-order valence-corrected chi connectivity index (χ0v) is 13.4. The van der Waals surface area contributed by atoms with Crippen LogP contribution < -0.4 is 5.32 Å². The van der Waals surface area contributed by atoms with Crippen LogP contribution in [-0.2, 0) is 22.3 Å². The van der Waals surface area contributed by atoms with Crippen LogP contribution >= 0.6 is 11.8 Å². The fraction of sp³-hybridized carbons (Fsp3) is 0.538. The lowest BCUT2D eigenvalue weighted by Crippen LogP contribution is -2.30. The number of nitrogens with one attached hydrogen (secondary N) is 1. The number of nitrogens with zero attached hydrogens (tertiary/aromatic N) is 1. The summed E-state index contributed by atoms with van der Waals surface area (Å²) < 4.78 is 25.7. The summed E-state index contributed by atoms with van der Waals surface area (Å²) in [5, 5.41) is 3.06. The fourth-order valence-electron chi connectivity index (χ4n) is 1.64. The highest BCUT2D eigenvalue weighted by Crippen LogP contribution is 2.11. The van der Waals surface area contributed by atoms with E-state index in [1.54, 1.807) is 18.8 Å². The van der Waals surface area contributed by atoms with Gasteiger partial charge in [-0.05, 0) is 24.4 Å². The number of rotatable bonds is 8. The minimum absolute atomic E-state index is 0.0672. The van der Waals surface area contributed by atoms with E-state index in [0.29, 0.717) is 6.54 Å². The van der Waals surface area contributed by atoms with E-state index in [1.165, 1.54) is 4.31 Å². The van der Waals surface area contributed by atoms with E-state index in [2.05, 4.69) is 5.32 Å². The standard InChI is InChI=1S/C13H22N2O2S2/c1-14-10-12-4-6-13(7-5-12)11-19(16,17)15(2)8-9-18-3/h4-7,14H,8-11H2,1-3H3. The second-order valence-corrected chi connectivity index (χ2v) is 7.48. The number of benzene rings is 1. The Hall–Kier alpha value is -0.560. The quantitative estimate of drug-likeness (QED) is 0.791. The van der Waals surface area contributed by atoms with Crippen molar-refractivity contribution in [3.8, 4) is 0 Å². The van der Waals surface area contributed by atoms with Gasteiger partial charge in [0.2, 0.25) is 10.0 Å². The van der Waals surface area contributed by atoms with Crippen molar-refractivity contribution in [3.05, 3.63) is 35.4 Å². The van der Waals surface area contributed by atoms with Gasteiger partial charge < -0.3 is 5.32 Å². The number of hydrogen-bond acceptors (Lipinski definition) is 4. The fourth-order valence-corrected chi connectivity index (χ4v) is 3.41. The third-order valence-electron chi connectivity index (χ3n) is 2.84. The molecular weight excluding hydrogens is 280 g/mol. The van der Waals surface area contributed by atoms with E-state index in [1.807, 2.05) is 37.6 Å². The molecule has 0 saturated carbocycles. The molecule has 108 valence electrons. The molecule has 0 radical (unpaired) electrons. The molecule has 19 heavy (non-hydrogen) atoms. The van der Waals surface area contributed by atoms with Gasteiger partial charge in [0.25, 0.3) is 0 Å². The molecule has 1 rings (SSSR count). The molecule has 0 spiro atoms. The van der Waals surface area contributed by atoms with Gasteiger partial charge in [-0.2, -0.15) is 11.8 Å². The summed E-state index contributed by atoms with van der Waals surface area (Å²) in [5.41, 5.74) is 1.98. The summed E-state index contributed by atoms with van der Waals surface area (Å²) in [5.74, 6) is 0.883. The second kappa shape index (κ2) is 7.89. The average molecular weight is 302 g/mol. The van der Waals surface area contributed by atoms with Crippen LogP contribution in [0.25, 0.3) is 0 Å². The highest BCUT2D eigenvalue weighted by atomic mass is 32.2. The van der Waals surface area contributed by atoms with Crippen molar-refractivity contribution in [3.63, 3.8) is 0 Å². The Balaban J connectivity index is 2.67. The van der Waals surface area contributed by atoms with Gasteiger partial charge in [0.15, 0.2) is 0 Å². The lowest BCUT2D eigenvalue weighted by atomic mass is 10.1. The van der Waals surface area contributed by atoms with E-state index in [4.69, 9.17) is 0 Å². The summed E-state index contributed by atoms with van der Waals surface area (Å²) in [6.45, 7) is 1.35. The Labute approximate surface area is 120 Å². The first kappa shape index (κ1) is 16.5. The predicted octanol–water partition coefficient (Wildman–Crippen LogP) is 1.53. The molecule has 0 aliphatic carbocycles. The molecule has 1 aromatic rings. The third-order valence-corrected chi connectivity index (χ3v) is 5.26. The Morgan fingerprint density at radius 1 is 1.21 bits per heavy atom. The van der Waals surface area contributed by atoms with Gasteiger partial charge >= 0.3 is 0 Å². The summed E-state index contributed by atoms with van der Waals surface area (Å²) in [6.07, 6.45) is 1.97. The van der Waals surface area contributed by atoms with Crippen LogP contribution in [0.15, 0.2) is 24.3 Å². The monoisotopic (exact) mass is 302 g/mol. The van der Waals surface area contributed by atoms with Crippen molar-refractivity contribution >= 4 is 21.8 Å². The first-order chi connectivity index (χ1) is 8.99. The van der Waals surface area contributed by atoms with E-state index >= 15 is 0 Å². The predicted molar refractivity (Wildman–Crippen MR) is 82.8 cm³/mol. The van der Waals surface area contributed by atoms with Crippen LogP contribution in [0.2, 0.25) is 0 Å². The molecule has 4 nitrogen and oxygen atoms in total. The van der Waals surface area contributed by atoms with E-state index in [0.717, 1.165) is 23.4 Å². The Kier molecular flexibility index (Phi) is 6.85. The van der Waals surface area contributed by atoms with Crippen LogP contribution in [-0.4, -0.2) is 45.4 Å². The lowest BCUT2D eigenvalue weighted by molar-refractivity contribution is 0.487. The van der Waals surface area contributed by atoms with Gasteiger partial charge in [-0.15, -0.1) is 0 Å². The van der Waals surface area contributed by atoms with E-state index in [9.17, 15) is 8.42 Å². The van der Waals surface area contributed by atoms with Crippen LogP contribution in [0.3, 0.4) is 0 Å². The SMILES string of the molecule is CNCc1ccc(CS(=O)(=O)N(C)CCSC)cc1. The summed E-state index contributed by atoms with van der Waals surface area (Å²) in [6, 6.07) is 7.69. The highest BCUT2D eigenvalue weighted by Gasteiger charge is 2.17. The second-order valence-electron chi connectivity index (χ2n) is 4.42. The molecule has 0 heterocycles. The van der Waals surface area contributed by atoms with E-state index < -0.39 is 10.0 Å². The molecule has 1 N–H and O–H groups in total. The Morgan fingerprint density at radius 3 is 2.32 bits per heavy atom. The van der Waals surface area contributed by atoms with Crippen molar-refractivity contribution in [1.82, 2.24) is 9.62 Å². The number of hydrogen-bond donors (Lipinski definition) is 1. The molecule has 0 saturated heterocycles. The molecular formula is C13H22N2O2S2. The van der Waals surface area contributed by atoms with Gasteiger partial charge in [0.1, 0.15) is 0 Å². The molecule has 0 atom stereocenters. The van der Waals surface area contributed by atoms with Crippen LogP contribution in [0.5, 0.6) is 0 Å². The molecule has 6 heteroatoms. The number of sulfonamides is 1. The smallest absolute Gasteiger partial charge is 0.218 e. The van der Waals surface area contributed by atoms with Gasteiger partial charge in [0.05, 0.1) is 5.75 Å². The molecule has 0 aliphatic heterocycles. The van der Waals surface area contributed by atoms with Crippen molar-refractivity contribution < 1.29 is 8.42 Å². The maximum absolute atomic E-state index is 12.1. The van der Waals surface area contributed by atoms with Gasteiger partial charge in [-0.1, -0.05) is 24.3 Å². The number of thioether (sulfide) groups is 1. The maximum Gasteiger partial charge on any atom is 0.218 e. The molecule has 0 aromatic heterocycles. The first-order valence-corrected chi connectivity index (χ1v) is 9.15. The molecule has 0 unspecified atom stereocenters. The topological polar surface area (TPSA) is 49.4 Å². The van der Waals surface area contributed by atoms with Gasteiger partial charge in [0, 0.05) is 25.9 Å². The summed E-state index contributed by atoms with van der Waals surface area (Å²) >= 11 is 1.65. The first-order valence-electron chi connectivity index (χ1n) is 6.15. The molecule has 1 aromatic carbocycles. The zero-order chi connectivity index (χ0) is 14.3. The van der Waals surface area contributed by atoms with Crippen LogP contribution in [0.4, 0.5) is 0 Å². The van der Waals surface area contributed by atoms with Crippen LogP contribution in [0.1, 0.15) is 11.1 Å².